The highest BCUT2D eigenvalue weighted by molar-refractivity contribution is 7.94. The number of methoxy groups -OCH3 is 1. The summed E-state index contributed by atoms with van der Waals surface area (Å²) >= 11 is 1.19. The summed E-state index contributed by atoms with van der Waals surface area (Å²) in [6.45, 7) is 3.60. The Kier molecular flexibility index (Phi) is 4.34. The van der Waals surface area contributed by atoms with Gasteiger partial charge in [-0.05, 0) is 43.7 Å². The average Bonchev–Trinajstić information content (AvgIpc) is 2.87. The normalized spacial score (nSPS) is 11.2. The van der Waals surface area contributed by atoms with Gasteiger partial charge < -0.3 is 4.74 Å². The number of carbonyl (C=O) groups is 1. The van der Waals surface area contributed by atoms with Gasteiger partial charge in [0.25, 0.3) is 10.0 Å². The van der Waals surface area contributed by atoms with E-state index in [9.17, 15) is 13.2 Å². The number of thiophene rings is 1. The van der Waals surface area contributed by atoms with Gasteiger partial charge in [-0.15, -0.1) is 11.3 Å². The number of ether oxygens (including phenoxy) is 1. The van der Waals surface area contributed by atoms with Crippen molar-refractivity contribution in [2.24, 2.45) is 0 Å². The lowest BCUT2D eigenvalue weighted by molar-refractivity contribution is 0.0601. The van der Waals surface area contributed by atoms with Crippen LogP contribution < -0.4 is 4.72 Å². The molecule has 0 aliphatic heterocycles. The number of sulfonamides is 1. The van der Waals surface area contributed by atoms with E-state index in [1.165, 1.54) is 24.5 Å². The topological polar surface area (TPSA) is 72.5 Å². The molecule has 1 heterocycles. The summed E-state index contributed by atoms with van der Waals surface area (Å²) in [6.07, 6.45) is 0. The molecule has 1 aromatic heterocycles. The Balaban J connectivity index is 2.37. The number of rotatable bonds is 4. The molecule has 0 spiro atoms. The van der Waals surface area contributed by atoms with Crippen molar-refractivity contribution < 1.29 is 17.9 Å². The van der Waals surface area contributed by atoms with Crippen LogP contribution in [0.1, 0.15) is 20.8 Å². The third-order valence-corrected chi connectivity index (χ3v) is 5.74. The molecule has 0 unspecified atom stereocenters. The van der Waals surface area contributed by atoms with Crippen LogP contribution in [0.2, 0.25) is 0 Å². The number of carbonyl (C=O) groups excluding carboxylic acids is 1. The molecule has 2 aromatic rings. The van der Waals surface area contributed by atoms with E-state index in [0.717, 1.165) is 10.4 Å². The van der Waals surface area contributed by atoms with E-state index in [1.54, 1.807) is 31.2 Å². The number of nitrogens with one attached hydrogen (secondary N) is 1. The Hall–Kier alpha value is -1.86. The second-order valence-electron chi connectivity index (χ2n) is 4.49. The molecule has 0 bridgehead atoms. The van der Waals surface area contributed by atoms with E-state index < -0.39 is 16.0 Å². The zero-order valence-electron chi connectivity index (χ0n) is 11.8. The first-order chi connectivity index (χ1) is 9.83. The fourth-order valence-corrected chi connectivity index (χ4v) is 4.13. The minimum absolute atomic E-state index is 0.239. The molecule has 0 amide bonds. The maximum absolute atomic E-state index is 12.3. The van der Waals surface area contributed by atoms with Gasteiger partial charge in [0.1, 0.15) is 4.21 Å². The predicted molar refractivity (Wildman–Crippen MR) is 82.4 cm³/mol. The molecular weight excluding hydrogens is 310 g/mol. The molecule has 1 aromatic carbocycles. The van der Waals surface area contributed by atoms with Gasteiger partial charge in [0.2, 0.25) is 0 Å². The summed E-state index contributed by atoms with van der Waals surface area (Å²) < 4.78 is 32.0. The van der Waals surface area contributed by atoms with Crippen LogP contribution in [0.15, 0.2) is 34.5 Å². The van der Waals surface area contributed by atoms with E-state index in [2.05, 4.69) is 9.46 Å². The molecule has 0 radical (unpaired) electrons. The second kappa shape index (κ2) is 5.87. The molecule has 0 atom stereocenters. The van der Waals surface area contributed by atoms with Gasteiger partial charge >= 0.3 is 5.97 Å². The van der Waals surface area contributed by atoms with Crippen LogP contribution in [0.3, 0.4) is 0 Å². The van der Waals surface area contributed by atoms with Gasteiger partial charge in [0.15, 0.2) is 0 Å². The van der Waals surface area contributed by atoms with Crippen molar-refractivity contribution in [3.8, 4) is 0 Å². The summed E-state index contributed by atoms with van der Waals surface area (Å²) in [5.74, 6) is -0.512. The third-order valence-electron chi connectivity index (χ3n) is 2.88. The van der Waals surface area contributed by atoms with Crippen LogP contribution in [0, 0.1) is 13.8 Å². The first kappa shape index (κ1) is 15.5. The smallest absolute Gasteiger partial charge is 0.337 e. The molecular formula is C14H15NO4S2. The van der Waals surface area contributed by atoms with Crippen molar-refractivity contribution in [3.63, 3.8) is 0 Å². The minimum Gasteiger partial charge on any atom is -0.465 e. The Morgan fingerprint density at radius 2 is 1.90 bits per heavy atom. The monoisotopic (exact) mass is 325 g/mol. The number of hydrogen-bond donors (Lipinski definition) is 1. The number of benzene rings is 1. The van der Waals surface area contributed by atoms with Gasteiger partial charge in [-0.2, -0.15) is 0 Å². The first-order valence-electron chi connectivity index (χ1n) is 6.12. The quantitative estimate of drug-likeness (QED) is 0.877. The molecule has 7 heteroatoms. The molecule has 5 nitrogen and oxygen atoms in total. The summed E-state index contributed by atoms with van der Waals surface area (Å²) in [6, 6.07) is 8.04. The SMILES string of the molecule is COC(=O)c1ccc(C)c(NS(=O)(=O)c2ccc(C)s2)c1. The van der Waals surface area contributed by atoms with Gasteiger partial charge in [-0.1, -0.05) is 6.07 Å². The maximum Gasteiger partial charge on any atom is 0.337 e. The highest BCUT2D eigenvalue weighted by Crippen LogP contribution is 2.25. The lowest BCUT2D eigenvalue weighted by atomic mass is 10.1. The molecule has 21 heavy (non-hydrogen) atoms. The Morgan fingerprint density at radius 3 is 2.48 bits per heavy atom. The van der Waals surface area contributed by atoms with Crippen molar-refractivity contribution in [1.82, 2.24) is 0 Å². The van der Waals surface area contributed by atoms with Crippen molar-refractivity contribution in [1.29, 1.82) is 0 Å². The van der Waals surface area contributed by atoms with Crippen LogP contribution in [-0.4, -0.2) is 21.5 Å². The van der Waals surface area contributed by atoms with Crippen LogP contribution in [0.5, 0.6) is 0 Å². The standard InChI is InChI=1S/C14H15NO4S2/c1-9-4-6-11(14(16)19-3)8-12(9)15-21(17,18)13-7-5-10(2)20-13/h4-8,15H,1-3H3. The summed E-state index contributed by atoms with van der Waals surface area (Å²) in [5.41, 5.74) is 1.38. The van der Waals surface area contributed by atoms with E-state index in [0.29, 0.717) is 11.3 Å². The van der Waals surface area contributed by atoms with Crippen molar-refractivity contribution in [3.05, 3.63) is 46.3 Å². The fraction of sp³-hybridized carbons (Fsp3) is 0.214. The zero-order valence-corrected chi connectivity index (χ0v) is 13.5. The lowest BCUT2D eigenvalue weighted by Crippen LogP contribution is -2.13. The van der Waals surface area contributed by atoms with Crippen molar-refractivity contribution in [2.45, 2.75) is 18.1 Å². The highest BCUT2D eigenvalue weighted by Gasteiger charge is 2.18. The highest BCUT2D eigenvalue weighted by atomic mass is 32.2. The molecule has 0 fully saturated rings. The summed E-state index contributed by atoms with van der Waals surface area (Å²) in [4.78, 5) is 12.4. The summed E-state index contributed by atoms with van der Waals surface area (Å²) in [7, 11) is -2.37. The Labute approximate surface area is 127 Å². The molecule has 0 saturated carbocycles. The molecule has 1 N–H and O–H groups in total. The lowest BCUT2D eigenvalue weighted by Gasteiger charge is -2.10. The van der Waals surface area contributed by atoms with E-state index in [1.807, 2.05) is 6.92 Å². The van der Waals surface area contributed by atoms with Gasteiger partial charge in [0, 0.05) is 4.88 Å². The van der Waals surface area contributed by atoms with Gasteiger partial charge in [0.05, 0.1) is 18.4 Å². The van der Waals surface area contributed by atoms with Crippen LogP contribution in [0.25, 0.3) is 0 Å². The number of aryl methyl sites for hydroxylation is 2. The van der Waals surface area contributed by atoms with Crippen molar-refractivity contribution >= 4 is 33.0 Å². The maximum atomic E-state index is 12.3. The fourth-order valence-electron chi connectivity index (χ4n) is 1.73. The van der Waals surface area contributed by atoms with Gasteiger partial charge in [-0.25, -0.2) is 13.2 Å². The number of hydrogen-bond acceptors (Lipinski definition) is 5. The predicted octanol–water partition coefficient (Wildman–Crippen LogP) is 2.95. The van der Waals surface area contributed by atoms with Crippen LogP contribution in [0.4, 0.5) is 5.69 Å². The average molecular weight is 325 g/mol. The minimum atomic E-state index is -3.65. The van der Waals surface area contributed by atoms with Crippen molar-refractivity contribution in [2.75, 3.05) is 11.8 Å². The van der Waals surface area contributed by atoms with E-state index >= 15 is 0 Å². The Bertz CT molecular complexity index is 778. The molecule has 0 aliphatic carbocycles. The number of anilines is 1. The second-order valence-corrected chi connectivity index (χ2v) is 7.69. The van der Waals surface area contributed by atoms with Crippen LogP contribution >= 0.6 is 11.3 Å². The largest absolute Gasteiger partial charge is 0.465 e. The number of esters is 1. The molecule has 0 saturated heterocycles. The van der Waals surface area contributed by atoms with Gasteiger partial charge in [-0.3, -0.25) is 4.72 Å². The molecule has 2 rings (SSSR count). The molecule has 0 aliphatic rings. The van der Waals surface area contributed by atoms with Crippen LogP contribution in [-0.2, 0) is 14.8 Å². The van der Waals surface area contributed by atoms with E-state index in [-0.39, 0.29) is 4.21 Å². The first-order valence-corrected chi connectivity index (χ1v) is 8.41. The van der Waals surface area contributed by atoms with E-state index in [4.69, 9.17) is 0 Å². The Morgan fingerprint density at radius 1 is 1.19 bits per heavy atom. The molecule has 112 valence electrons. The third kappa shape index (κ3) is 3.43. The zero-order chi connectivity index (χ0) is 15.6. The summed E-state index contributed by atoms with van der Waals surface area (Å²) in [5, 5.41) is 0.